The Labute approximate surface area is 98.1 Å². The topological polar surface area (TPSA) is 50.4 Å². The van der Waals surface area contributed by atoms with E-state index in [-0.39, 0.29) is 5.91 Å². The average Bonchev–Trinajstić information content (AvgIpc) is 2.56. The molecular formula is C12H24N2O2. The van der Waals surface area contributed by atoms with Crippen LogP contribution in [-0.4, -0.2) is 38.8 Å². The molecule has 0 saturated heterocycles. The van der Waals surface area contributed by atoms with Gasteiger partial charge in [0.1, 0.15) is 0 Å². The molecule has 0 heterocycles. The van der Waals surface area contributed by atoms with Gasteiger partial charge in [0.2, 0.25) is 5.91 Å². The van der Waals surface area contributed by atoms with E-state index < -0.39 is 0 Å². The lowest BCUT2D eigenvalue weighted by Gasteiger charge is -2.19. The van der Waals surface area contributed by atoms with Crippen LogP contribution in [0.2, 0.25) is 0 Å². The van der Waals surface area contributed by atoms with Gasteiger partial charge in [0.25, 0.3) is 0 Å². The molecule has 3 unspecified atom stereocenters. The van der Waals surface area contributed by atoms with Crippen molar-refractivity contribution in [2.24, 2.45) is 11.8 Å². The van der Waals surface area contributed by atoms with Crippen LogP contribution in [-0.2, 0) is 9.53 Å². The van der Waals surface area contributed by atoms with Crippen LogP contribution in [0.5, 0.6) is 0 Å². The summed E-state index contributed by atoms with van der Waals surface area (Å²) in [4.78, 5) is 11.6. The molecule has 1 fully saturated rings. The van der Waals surface area contributed by atoms with Gasteiger partial charge >= 0.3 is 0 Å². The van der Waals surface area contributed by atoms with Crippen molar-refractivity contribution in [2.45, 2.75) is 32.7 Å². The Morgan fingerprint density at radius 1 is 1.38 bits per heavy atom. The maximum absolute atomic E-state index is 11.6. The predicted molar refractivity (Wildman–Crippen MR) is 64.2 cm³/mol. The first-order valence-corrected chi connectivity index (χ1v) is 6.14. The molecule has 0 spiro atoms. The number of amides is 1. The van der Waals surface area contributed by atoms with Gasteiger partial charge in [-0.1, -0.05) is 13.8 Å². The van der Waals surface area contributed by atoms with Gasteiger partial charge in [0.05, 0.1) is 13.2 Å². The molecule has 4 heteroatoms. The molecule has 1 amide bonds. The van der Waals surface area contributed by atoms with E-state index in [2.05, 4.69) is 24.5 Å². The van der Waals surface area contributed by atoms with Crippen LogP contribution in [0.1, 0.15) is 26.7 Å². The minimum absolute atomic E-state index is 0.0991. The lowest BCUT2D eigenvalue weighted by molar-refractivity contribution is -0.121. The van der Waals surface area contributed by atoms with Crippen LogP contribution >= 0.6 is 0 Å². The summed E-state index contributed by atoms with van der Waals surface area (Å²) in [6.07, 6.45) is 2.34. The van der Waals surface area contributed by atoms with E-state index >= 15 is 0 Å². The van der Waals surface area contributed by atoms with Crippen molar-refractivity contribution in [3.63, 3.8) is 0 Å². The molecule has 0 aromatic heterocycles. The first kappa shape index (κ1) is 13.5. The molecular weight excluding hydrogens is 204 g/mol. The summed E-state index contributed by atoms with van der Waals surface area (Å²) in [6.45, 7) is 6.24. The summed E-state index contributed by atoms with van der Waals surface area (Å²) in [5, 5.41) is 6.14. The third-order valence-electron chi connectivity index (χ3n) is 3.58. The fourth-order valence-electron chi connectivity index (χ4n) is 2.20. The smallest absolute Gasteiger partial charge is 0.234 e. The highest BCUT2D eigenvalue weighted by Gasteiger charge is 2.30. The normalized spacial score (nSPS) is 29.3. The number of carbonyl (C=O) groups is 1. The van der Waals surface area contributed by atoms with Gasteiger partial charge < -0.3 is 15.4 Å². The number of rotatable bonds is 6. The number of hydrogen-bond donors (Lipinski definition) is 2. The maximum atomic E-state index is 11.6. The second-order valence-electron chi connectivity index (χ2n) is 4.76. The molecule has 1 saturated carbocycles. The molecule has 1 rings (SSSR count). The third kappa shape index (κ3) is 4.10. The Hall–Kier alpha value is -0.610. The molecule has 3 atom stereocenters. The first-order valence-electron chi connectivity index (χ1n) is 6.14. The molecule has 1 aliphatic rings. The van der Waals surface area contributed by atoms with Crippen molar-refractivity contribution >= 4 is 5.91 Å². The van der Waals surface area contributed by atoms with Crippen LogP contribution in [0.25, 0.3) is 0 Å². The standard InChI is InChI=1S/C12H24N2O2/c1-9-4-5-11(10(9)2)14-12(15)8-13-6-7-16-3/h9-11,13H,4-8H2,1-3H3,(H,14,15). The van der Waals surface area contributed by atoms with E-state index in [0.29, 0.717) is 25.1 Å². The zero-order valence-electron chi connectivity index (χ0n) is 10.6. The molecule has 4 nitrogen and oxygen atoms in total. The molecule has 1 aliphatic carbocycles. The van der Waals surface area contributed by atoms with E-state index in [1.165, 1.54) is 6.42 Å². The Morgan fingerprint density at radius 2 is 2.12 bits per heavy atom. The molecule has 94 valence electrons. The third-order valence-corrected chi connectivity index (χ3v) is 3.58. The highest BCUT2D eigenvalue weighted by molar-refractivity contribution is 5.78. The predicted octanol–water partition coefficient (Wildman–Crippen LogP) is 0.773. The Kier molecular flexibility index (Phi) is 5.77. The van der Waals surface area contributed by atoms with Crippen molar-refractivity contribution in [3.05, 3.63) is 0 Å². The summed E-state index contributed by atoms with van der Waals surface area (Å²) in [6, 6.07) is 0.367. The Bertz CT molecular complexity index is 221. The van der Waals surface area contributed by atoms with E-state index in [4.69, 9.17) is 4.74 Å². The summed E-state index contributed by atoms with van der Waals surface area (Å²) < 4.78 is 4.89. The molecule has 0 aromatic carbocycles. The van der Waals surface area contributed by atoms with Gasteiger partial charge in [0, 0.05) is 19.7 Å². The maximum Gasteiger partial charge on any atom is 0.234 e. The quantitative estimate of drug-likeness (QED) is 0.660. The molecule has 0 aliphatic heterocycles. The Balaban J connectivity index is 2.14. The molecule has 0 radical (unpaired) electrons. The minimum atomic E-state index is 0.0991. The van der Waals surface area contributed by atoms with Crippen molar-refractivity contribution in [1.82, 2.24) is 10.6 Å². The zero-order chi connectivity index (χ0) is 12.0. The molecule has 16 heavy (non-hydrogen) atoms. The van der Waals surface area contributed by atoms with Crippen molar-refractivity contribution in [3.8, 4) is 0 Å². The van der Waals surface area contributed by atoms with Gasteiger partial charge in [-0.15, -0.1) is 0 Å². The summed E-state index contributed by atoms with van der Waals surface area (Å²) >= 11 is 0. The summed E-state index contributed by atoms with van der Waals surface area (Å²) in [5.74, 6) is 1.43. The van der Waals surface area contributed by atoms with Crippen molar-refractivity contribution in [2.75, 3.05) is 26.8 Å². The Morgan fingerprint density at radius 3 is 2.69 bits per heavy atom. The van der Waals surface area contributed by atoms with Crippen LogP contribution in [0.3, 0.4) is 0 Å². The zero-order valence-corrected chi connectivity index (χ0v) is 10.6. The highest BCUT2D eigenvalue weighted by atomic mass is 16.5. The molecule has 0 bridgehead atoms. The van der Waals surface area contributed by atoms with Crippen LogP contribution in [0, 0.1) is 11.8 Å². The van der Waals surface area contributed by atoms with E-state index in [1.54, 1.807) is 7.11 Å². The van der Waals surface area contributed by atoms with Gasteiger partial charge in [-0.2, -0.15) is 0 Å². The lowest BCUT2D eigenvalue weighted by Crippen LogP contribution is -2.42. The number of methoxy groups -OCH3 is 1. The van der Waals surface area contributed by atoms with Gasteiger partial charge in [-0.05, 0) is 24.7 Å². The second kappa shape index (κ2) is 6.86. The largest absolute Gasteiger partial charge is 0.383 e. The van der Waals surface area contributed by atoms with E-state index in [9.17, 15) is 4.79 Å². The summed E-state index contributed by atoms with van der Waals surface area (Å²) in [5.41, 5.74) is 0. The molecule has 0 aromatic rings. The van der Waals surface area contributed by atoms with Crippen molar-refractivity contribution < 1.29 is 9.53 Å². The second-order valence-corrected chi connectivity index (χ2v) is 4.76. The van der Waals surface area contributed by atoms with E-state index in [1.807, 2.05) is 0 Å². The van der Waals surface area contributed by atoms with Crippen LogP contribution in [0.4, 0.5) is 0 Å². The van der Waals surface area contributed by atoms with E-state index in [0.717, 1.165) is 18.9 Å². The van der Waals surface area contributed by atoms with Crippen molar-refractivity contribution in [1.29, 1.82) is 0 Å². The summed E-state index contributed by atoms with van der Waals surface area (Å²) in [7, 11) is 1.66. The SMILES string of the molecule is COCCNCC(=O)NC1CCC(C)C1C. The average molecular weight is 228 g/mol. The number of hydrogen-bond acceptors (Lipinski definition) is 3. The fraction of sp³-hybridized carbons (Fsp3) is 0.917. The first-order chi connectivity index (χ1) is 7.65. The van der Waals surface area contributed by atoms with Crippen LogP contribution < -0.4 is 10.6 Å². The van der Waals surface area contributed by atoms with Gasteiger partial charge in [-0.25, -0.2) is 0 Å². The monoisotopic (exact) mass is 228 g/mol. The number of ether oxygens (including phenoxy) is 1. The number of nitrogens with one attached hydrogen (secondary N) is 2. The van der Waals surface area contributed by atoms with Gasteiger partial charge in [-0.3, -0.25) is 4.79 Å². The fourth-order valence-corrected chi connectivity index (χ4v) is 2.20. The minimum Gasteiger partial charge on any atom is -0.383 e. The lowest BCUT2D eigenvalue weighted by atomic mass is 9.98. The van der Waals surface area contributed by atoms with Crippen LogP contribution in [0.15, 0.2) is 0 Å². The highest BCUT2D eigenvalue weighted by Crippen LogP contribution is 2.30. The molecule has 2 N–H and O–H groups in total. The van der Waals surface area contributed by atoms with Gasteiger partial charge in [0.15, 0.2) is 0 Å². The number of carbonyl (C=O) groups excluding carboxylic acids is 1.